The molecule has 4 rings (SSSR count). The Balaban J connectivity index is 2.17. The molecule has 7 nitrogen and oxygen atoms in total. The summed E-state index contributed by atoms with van der Waals surface area (Å²) in [6.07, 6.45) is 0. The van der Waals surface area contributed by atoms with Crippen molar-refractivity contribution in [2.24, 2.45) is 5.11 Å². The number of nitriles is 1. The quantitative estimate of drug-likeness (QED) is 0.331. The number of aromatic amines is 1. The molecule has 0 atom stereocenters. The van der Waals surface area contributed by atoms with Crippen molar-refractivity contribution >= 4 is 27.9 Å². The molecule has 7 heteroatoms. The van der Waals surface area contributed by atoms with Gasteiger partial charge in [0.25, 0.3) is 0 Å². The average molecular weight is 311 g/mol. The van der Waals surface area contributed by atoms with Crippen molar-refractivity contribution in [3.63, 3.8) is 0 Å². The summed E-state index contributed by atoms with van der Waals surface area (Å²) in [6, 6.07) is 17.1. The van der Waals surface area contributed by atoms with Crippen molar-refractivity contribution in [1.82, 2.24) is 15.0 Å². The van der Waals surface area contributed by atoms with Crippen LogP contribution in [0.3, 0.4) is 0 Å². The molecule has 0 amide bonds. The molecule has 2 heterocycles. The van der Waals surface area contributed by atoms with Gasteiger partial charge in [0, 0.05) is 21.4 Å². The van der Waals surface area contributed by atoms with Gasteiger partial charge in [0.15, 0.2) is 0 Å². The Morgan fingerprint density at radius 3 is 2.71 bits per heavy atom. The molecule has 0 radical (unpaired) electrons. The molecule has 0 fully saturated rings. The molecule has 0 saturated heterocycles. The Kier molecular flexibility index (Phi) is 3.09. The molecule has 0 aliphatic heterocycles. The van der Waals surface area contributed by atoms with Gasteiger partial charge in [-0.1, -0.05) is 30.3 Å². The number of fused-ring (bicyclic) bond motifs is 3. The lowest BCUT2D eigenvalue weighted by atomic mass is 10.1. The fraction of sp³-hybridized carbons (Fsp3) is 0. The van der Waals surface area contributed by atoms with Crippen LogP contribution >= 0.6 is 0 Å². The van der Waals surface area contributed by atoms with Gasteiger partial charge in [-0.15, -0.1) is 0 Å². The van der Waals surface area contributed by atoms with Crippen molar-refractivity contribution in [2.75, 3.05) is 0 Å². The van der Waals surface area contributed by atoms with Crippen LogP contribution in [0.15, 0.2) is 53.6 Å². The van der Waals surface area contributed by atoms with Gasteiger partial charge in [0.2, 0.25) is 5.95 Å². The van der Waals surface area contributed by atoms with Crippen molar-refractivity contribution < 1.29 is 0 Å². The summed E-state index contributed by atoms with van der Waals surface area (Å²) >= 11 is 0. The van der Waals surface area contributed by atoms with Crippen LogP contribution in [0, 0.1) is 11.3 Å². The number of benzene rings is 2. The molecule has 0 aliphatic carbocycles. The smallest absolute Gasteiger partial charge is 0.219 e. The Morgan fingerprint density at radius 1 is 1.12 bits per heavy atom. The van der Waals surface area contributed by atoms with E-state index >= 15 is 0 Å². The maximum absolute atomic E-state index is 9.16. The zero-order chi connectivity index (χ0) is 16.5. The van der Waals surface area contributed by atoms with Crippen LogP contribution < -0.4 is 0 Å². The SMILES string of the molecule is N#Cc1ccc2[nH]c3nc(N=[N+]=[N-])nc(-c4ccccc4)c3c2c1. The van der Waals surface area contributed by atoms with Crippen molar-refractivity contribution in [1.29, 1.82) is 5.26 Å². The molecule has 0 unspecified atom stereocenters. The normalized spacial score (nSPS) is 10.5. The van der Waals surface area contributed by atoms with Gasteiger partial charge in [-0.05, 0) is 28.8 Å². The molecule has 0 spiro atoms. The summed E-state index contributed by atoms with van der Waals surface area (Å²) in [5.74, 6) is 0.0518. The van der Waals surface area contributed by atoms with Gasteiger partial charge in [-0.3, -0.25) is 0 Å². The minimum Gasteiger partial charge on any atom is -0.339 e. The second-order valence-electron chi connectivity index (χ2n) is 5.15. The van der Waals surface area contributed by atoms with Gasteiger partial charge in [0.1, 0.15) is 5.65 Å². The second kappa shape index (κ2) is 5.39. The molecular formula is C17H9N7. The third-order valence-corrected chi connectivity index (χ3v) is 3.75. The first-order valence-corrected chi connectivity index (χ1v) is 7.14. The highest BCUT2D eigenvalue weighted by Gasteiger charge is 2.15. The molecule has 2 aromatic heterocycles. The van der Waals surface area contributed by atoms with Crippen molar-refractivity contribution in [3.05, 3.63) is 64.5 Å². The van der Waals surface area contributed by atoms with E-state index in [-0.39, 0.29) is 5.95 Å². The van der Waals surface area contributed by atoms with Gasteiger partial charge >= 0.3 is 0 Å². The van der Waals surface area contributed by atoms with E-state index in [0.29, 0.717) is 16.9 Å². The molecule has 0 aliphatic rings. The Labute approximate surface area is 135 Å². The summed E-state index contributed by atoms with van der Waals surface area (Å²) < 4.78 is 0. The zero-order valence-corrected chi connectivity index (χ0v) is 12.3. The van der Waals surface area contributed by atoms with E-state index < -0.39 is 0 Å². The Morgan fingerprint density at radius 2 is 1.96 bits per heavy atom. The molecule has 1 N–H and O–H groups in total. The summed E-state index contributed by atoms with van der Waals surface area (Å²) in [6.45, 7) is 0. The van der Waals surface area contributed by atoms with Crippen molar-refractivity contribution in [2.45, 2.75) is 0 Å². The molecular weight excluding hydrogens is 302 g/mol. The minimum absolute atomic E-state index is 0.0518. The molecule has 24 heavy (non-hydrogen) atoms. The van der Waals surface area contributed by atoms with E-state index in [9.17, 15) is 0 Å². The fourth-order valence-electron chi connectivity index (χ4n) is 2.74. The number of aromatic nitrogens is 3. The number of hydrogen-bond donors (Lipinski definition) is 1. The highest BCUT2D eigenvalue weighted by molar-refractivity contribution is 6.12. The van der Waals surface area contributed by atoms with E-state index in [2.05, 4.69) is 31.0 Å². The zero-order valence-electron chi connectivity index (χ0n) is 12.3. The first-order chi connectivity index (χ1) is 11.8. The lowest BCUT2D eigenvalue weighted by molar-refractivity contribution is 1.16. The predicted molar refractivity (Wildman–Crippen MR) is 90.4 cm³/mol. The largest absolute Gasteiger partial charge is 0.339 e. The first-order valence-electron chi connectivity index (χ1n) is 7.14. The standard InChI is InChI=1S/C17H9N7/c18-9-10-6-7-13-12(8-10)14-15(11-4-2-1-3-5-11)21-17(23-24-19)22-16(14)20-13/h1-8H,(H,20,21,22). The van der Waals surface area contributed by atoms with Gasteiger partial charge in [0.05, 0.1) is 22.7 Å². The number of H-pyrrole nitrogens is 1. The number of hydrogen-bond acceptors (Lipinski definition) is 4. The maximum atomic E-state index is 9.16. The van der Waals surface area contributed by atoms with E-state index in [1.807, 2.05) is 36.4 Å². The van der Waals surface area contributed by atoms with Crippen LogP contribution in [0.25, 0.3) is 43.6 Å². The van der Waals surface area contributed by atoms with E-state index in [4.69, 9.17) is 10.8 Å². The van der Waals surface area contributed by atoms with Crippen molar-refractivity contribution in [3.8, 4) is 17.3 Å². The van der Waals surface area contributed by atoms with E-state index in [0.717, 1.165) is 21.9 Å². The predicted octanol–water partition coefficient (Wildman–Crippen LogP) is 4.59. The first kappa shape index (κ1) is 13.8. The number of nitrogens with zero attached hydrogens (tertiary/aromatic N) is 6. The highest BCUT2D eigenvalue weighted by atomic mass is 15.2. The summed E-state index contributed by atoms with van der Waals surface area (Å²) in [5, 5.41) is 14.3. The van der Waals surface area contributed by atoms with E-state index in [1.54, 1.807) is 12.1 Å². The maximum Gasteiger partial charge on any atom is 0.219 e. The lowest BCUT2D eigenvalue weighted by Gasteiger charge is -2.04. The third-order valence-electron chi connectivity index (χ3n) is 3.75. The number of azide groups is 1. The second-order valence-corrected chi connectivity index (χ2v) is 5.15. The molecule has 4 aromatic rings. The van der Waals surface area contributed by atoms with Crippen LogP contribution in [0.2, 0.25) is 0 Å². The van der Waals surface area contributed by atoms with Gasteiger partial charge in [-0.25, -0.2) is 9.97 Å². The van der Waals surface area contributed by atoms with E-state index in [1.165, 1.54) is 0 Å². The number of rotatable bonds is 2. The molecule has 2 aromatic carbocycles. The highest BCUT2D eigenvalue weighted by Crippen LogP contribution is 2.34. The number of nitrogens with one attached hydrogen (secondary N) is 1. The Bertz CT molecular complexity index is 1160. The summed E-state index contributed by atoms with van der Waals surface area (Å²) in [7, 11) is 0. The van der Waals surface area contributed by atoms with Crippen LogP contribution in [0.5, 0.6) is 0 Å². The average Bonchev–Trinajstić information content (AvgIpc) is 2.99. The molecule has 0 bridgehead atoms. The van der Waals surface area contributed by atoms with Gasteiger partial charge in [-0.2, -0.15) is 5.26 Å². The third kappa shape index (κ3) is 2.11. The monoisotopic (exact) mass is 311 g/mol. The van der Waals surface area contributed by atoms with Crippen LogP contribution in [0.4, 0.5) is 5.95 Å². The summed E-state index contributed by atoms with van der Waals surface area (Å²) in [4.78, 5) is 14.6. The van der Waals surface area contributed by atoms with Crippen LogP contribution in [0.1, 0.15) is 5.56 Å². The Hall–Kier alpha value is -3.88. The van der Waals surface area contributed by atoms with Gasteiger partial charge < -0.3 is 4.98 Å². The van der Waals surface area contributed by atoms with Crippen LogP contribution in [-0.2, 0) is 0 Å². The topological polar surface area (TPSA) is 114 Å². The summed E-state index contributed by atoms with van der Waals surface area (Å²) in [5.41, 5.74) is 12.2. The van der Waals surface area contributed by atoms with Crippen LogP contribution in [-0.4, -0.2) is 15.0 Å². The molecule has 0 saturated carbocycles. The molecule has 112 valence electrons. The minimum atomic E-state index is 0.0518. The lowest BCUT2D eigenvalue weighted by Crippen LogP contribution is -1.89. The fourth-order valence-corrected chi connectivity index (χ4v) is 2.74.